The fourth-order valence-electron chi connectivity index (χ4n) is 1.09. The van der Waals surface area contributed by atoms with E-state index in [9.17, 15) is 4.79 Å². The number of hydrogen-bond acceptors (Lipinski definition) is 2. The Bertz CT molecular complexity index is 290. The summed E-state index contributed by atoms with van der Waals surface area (Å²) >= 11 is 1.75. The van der Waals surface area contributed by atoms with E-state index >= 15 is 0 Å². The van der Waals surface area contributed by atoms with Crippen LogP contribution in [0, 0.1) is 6.92 Å². The normalized spacial score (nSPS) is 10.1. The van der Waals surface area contributed by atoms with Crippen molar-refractivity contribution in [3.05, 3.63) is 29.8 Å². The number of ketones is 1. The summed E-state index contributed by atoms with van der Waals surface area (Å²) in [7, 11) is 0. The Hall–Kier alpha value is -0.760. The molecule has 76 valence electrons. The van der Waals surface area contributed by atoms with Gasteiger partial charge in [0, 0.05) is 23.5 Å². The minimum atomic E-state index is 0.351. The molecule has 14 heavy (non-hydrogen) atoms. The summed E-state index contributed by atoms with van der Waals surface area (Å²) in [6, 6.07) is 8.42. The highest BCUT2D eigenvalue weighted by Gasteiger charge is 1.98. The van der Waals surface area contributed by atoms with Crippen LogP contribution in [-0.2, 0) is 4.79 Å². The van der Waals surface area contributed by atoms with Crippen molar-refractivity contribution in [2.24, 2.45) is 0 Å². The number of aryl methyl sites for hydroxylation is 1. The lowest BCUT2D eigenvalue weighted by molar-refractivity contribution is -0.118. The minimum Gasteiger partial charge on any atom is -0.300 e. The largest absolute Gasteiger partial charge is 0.300 e. The van der Waals surface area contributed by atoms with Crippen LogP contribution in [0.2, 0.25) is 0 Å². The molecular weight excluding hydrogens is 192 g/mol. The van der Waals surface area contributed by atoms with E-state index in [0.717, 1.165) is 5.75 Å². The Labute approximate surface area is 89.9 Å². The van der Waals surface area contributed by atoms with Crippen LogP contribution >= 0.6 is 11.8 Å². The maximum Gasteiger partial charge on any atom is 0.133 e. The molecule has 0 aliphatic rings. The summed E-state index contributed by atoms with van der Waals surface area (Å²) in [5, 5.41) is 0. The highest BCUT2D eigenvalue weighted by Crippen LogP contribution is 2.19. The summed E-state index contributed by atoms with van der Waals surface area (Å²) in [5.41, 5.74) is 1.28. The molecule has 1 aromatic rings. The van der Waals surface area contributed by atoms with Crippen LogP contribution in [0.15, 0.2) is 29.2 Å². The average Bonchev–Trinajstić information content (AvgIpc) is 2.21. The maximum absolute atomic E-state index is 11.0. The van der Waals surface area contributed by atoms with Gasteiger partial charge in [0.25, 0.3) is 0 Å². The Morgan fingerprint density at radius 2 is 1.93 bits per heavy atom. The lowest BCUT2D eigenvalue weighted by Crippen LogP contribution is -1.96. The van der Waals surface area contributed by atoms with E-state index in [-0.39, 0.29) is 0 Å². The monoisotopic (exact) mass is 208 g/mol. The molecule has 0 saturated carbocycles. The first kappa shape index (κ1) is 11.3. The van der Waals surface area contributed by atoms with Crippen molar-refractivity contribution in [2.75, 3.05) is 5.75 Å². The van der Waals surface area contributed by atoms with Crippen molar-refractivity contribution in [1.82, 2.24) is 0 Å². The SMILES string of the molecule is CCC(=O)CCSc1ccc(C)cc1. The first-order valence-corrected chi connectivity index (χ1v) is 5.92. The highest BCUT2D eigenvalue weighted by atomic mass is 32.2. The number of benzene rings is 1. The van der Waals surface area contributed by atoms with Gasteiger partial charge in [-0.05, 0) is 19.1 Å². The Morgan fingerprint density at radius 1 is 1.29 bits per heavy atom. The number of hydrogen-bond donors (Lipinski definition) is 0. The van der Waals surface area contributed by atoms with E-state index in [1.54, 1.807) is 11.8 Å². The van der Waals surface area contributed by atoms with Crippen LogP contribution < -0.4 is 0 Å². The number of carbonyl (C=O) groups is 1. The van der Waals surface area contributed by atoms with Crippen LogP contribution in [0.5, 0.6) is 0 Å². The molecule has 0 N–H and O–H groups in total. The van der Waals surface area contributed by atoms with Crippen LogP contribution in [0.1, 0.15) is 25.3 Å². The fraction of sp³-hybridized carbons (Fsp3) is 0.417. The van der Waals surface area contributed by atoms with E-state index in [0.29, 0.717) is 18.6 Å². The van der Waals surface area contributed by atoms with Gasteiger partial charge in [0.1, 0.15) is 5.78 Å². The second kappa shape index (κ2) is 5.86. The molecule has 0 atom stereocenters. The molecular formula is C12H16OS. The lowest BCUT2D eigenvalue weighted by Gasteiger charge is -2.00. The number of rotatable bonds is 5. The quantitative estimate of drug-likeness (QED) is 0.689. The first-order chi connectivity index (χ1) is 6.72. The summed E-state index contributed by atoms with van der Waals surface area (Å²) in [4.78, 5) is 12.3. The summed E-state index contributed by atoms with van der Waals surface area (Å²) in [5.74, 6) is 1.25. The summed E-state index contributed by atoms with van der Waals surface area (Å²) in [6.45, 7) is 3.99. The molecule has 0 heterocycles. The molecule has 0 saturated heterocycles. The zero-order valence-electron chi connectivity index (χ0n) is 8.75. The molecule has 0 fully saturated rings. The van der Waals surface area contributed by atoms with E-state index < -0.39 is 0 Å². The number of carbonyl (C=O) groups excluding carboxylic acids is 1. The van der Waals surface area contributed by atoms with Crippen LogP contribution in [-0.4, -0.2) is 11.5 Å². The van der Waals surface area contributed by atoms with Gasteiger partial charge in [-0.2, -0.15) is 0 Å². The molecule has 1 rings (SSSR count). The smallest absolute Gasteiger partial charge is 0.133 e. The summed E-state index contributed by atoms with van der Waals surface area (Å²) in [6.07, 6.45) is 1.35. The van der Waals surface area contributed by atoms with E-state index in [4.69, 9.17) is 0 Å². The van der Waals surface area contributed by atoms with E-state index in [1.807, 2.05) is 6.92 Å². The van der Waals surface area contributed by atoms with Gasteiger partial charge in [-0.3, -0.25) is 4.79 Å². The van der Waals surface area contributed by atoms with Crippen LogP contribution in [0.25, 0.3) is 0 Å². The van der Waals surface area contributed by atoms with Crippen molar-refractivity contribution in [2.45, 2.75) is 31.6 Å². The molecule has 0 aliphatic carbocycles. The van der Waals surface area contributed by atoms with Crippen molar-refractivity contribution in [1.29, 1.82) is 0 Å². The van der Waals surface area contributed by atoms with Gasteiger partial charge in [-0.1, -0.05) is 24.6 Å². The third-order valence-electron chi connectivity index (χ3n) is 2.06. The average molecular weight is 208 g/mol. The zero-order valence-corrected chi connectivity index (χ0v) is 9.56. The van der Waals surface area contributed by atoms with Gasteiger partial charge in [0.2, 0.25) is 0 Å². The van der Waals surface area contributed by atoms with Crippen molar-refractivity contribution in [3.63, 3.8) is 0 Å². The van der Waals surface area contributed by atoms with Gasteiger partial charge >= 0.3 is 0 Å². The lowest BCUT2D eigenvalue weighted by atomic mass is 10.2. The van der Waals surface area contributed by atoms with Crippen LogP contribution in [0.3, 0.4) is 0 Å². The predicted molar refractivity (Wildman–Crippen MR) is 61.8 cm³/mol. The van der Waals surface area contributed by atoms with Gasteiger partial charge in [0.05, 0.1) is 0 Å². The van der Waals surface area contributed by atoms with Crippen molar-refractivity contribution < 1.29 is 4.79 Å². The molecule has 1 nitrogen and oxygen atoms in total. The van der Waals surface area contributed by atoms with Gasteiger partial charge < -0.3 is 0 Å². The number of Topliss-reactive ketones (excluding diaryl/α,β-unsaturated/α-hetero) is 1. The summed E-state index contributed by atoms with van der Waals surface area (Å²) < 4.78 is 0. The molecule has 0 amide bonds. The standard InChI is InChI=1S/C12H16OS/c1-3-11(13)8-9-14-12-6-4-10(2)5-7-12/h4-7H,3,8-9H2,1-2H3. The predicted octanol–water partition coefficient (Wildman–Crippen LogP) is 3.46. The van der Waals surface area contributed by atoms with Crippen molar-refractivity contribution in [3.8, 4) is 0 Å². The van der Waals surface area contributed by atoms with Gasteiger partial charge in [0.15, 0.2) is 0 Å². The van der Waals surface area contributed by atoms with Crippen molar-refractivity contribution >= 4 is 17.5 Å². The maximum atomic E-state index is 11.0. The zero-order chi connectivity index (χ0) is 10.4. The third kappa shape index (κ3) is 3.97. The molecule has 0 aliphatic heterocycles. The van der Waals surface area contributed by atoms with E-state index in [1.165, 1.54) is 10.5 Å². The molecule has 0 spiro atoms. The van der Waals surface area contributed by atoms with Gasteiger partial charge in [-0.15, -0.1) is 11.8 Å². The second-order valence-electron chi connectivity index (χ2n) is 3.30. The first-order valence-electron chi connectivity index (χ1n) is 4.93. The Balaban J connectivity index is 2.31. The molecule has 1 aromatic carbocycles. The fourth-order valence-corrected chi connectivity index (χ4v) is 1.99. The molecule has 0 unspecified atom stereocenters. The number of thioether (sulfide) groups is 1. The minimum absolute atomic E-state index is 0.351. The highest BCUT2D eigenvalue weighted by molar-refractivity contribution is 7.99. The van der Waals surface area contributed by atoms with Gasteiger partial charge in [-0.25, -0.2) is 0 Å². The topological polar surface area (TPSA) is 17.1 Å². The molecule has 2 heteroatoms. The third-order valence-corrected chi connectivity index (χ3v) is 3.08. The van der Waals surface area contributed by atoms with E-state index in [2.05, 4.69) is 31.2 Å². The Kier molecular flexibility index (Phi) is 4.74. The molecule has 0 radical (unpaired) electrons. The Morgan fingerprint density at radius 3 is 2.50 bits per heavy atom. The molecule has 0 bridgehead atoms. The molecule has 0 aromatic heterocycles. The second-order valence-corrected chi connectivity index (χ2v) is 4.47. The van der Waals surface area contributed by atoms with Crippen LogP contribution in [0.4, 0.5) is 0 Å².